The first-order valence-corrected chi connectivity index (χ1v) is 6.02. The first-order valence-electron chi connectivity index (χ1n) is 6.02. The largest absolute Gasteiger partial charge is 0.366 e. The van der Waals surface area contributed by atoms with E-state index in [0.717, 1.165) is 19.5 Å². The summed E-state index contributed by atoms with van der Waals surface area (Å²) in [7, 11) is 0. The van der Waals surface area contributed by atoms with Gasteiger partial charge >= 0.3 is 0 Å². The second-order valence-electron chi connectivity index (χ2n) is 5.55. The number of carbonyl (C=O) groups excluding carboxylic acids is 1. The van der Waals surface area contributed by atoms with Gasteiger partial charge in [0.05, 0.1) is 5.60 Å². The summed E-state index contributed by atoms with van der Waals surface area (Å²) in [5.41, 5.74) is -0.253. The Bertz CT molecular complexity index is 236. The Labute approximate surface area is 98.1 Å². The van der Waals surface area contributed by atoms with Crippen LogP contribution in [-0.2, 0) is 9.53 Å². The lowest BCUT2D eigenvalue weighted by Gasteiger charge is -2.30. The van der Waals surface area contributed by atoms with Crippen LogP contribution >= 0.6 is 0 Å². The molecule has 0 saturated carbocycles. The average Bonchev–Trinajstić information content (AvgIpc) is 2.18. The number of piperidine rings is 1. The maximum atomic E-state index is 11.6. The van der Waals surface area contributed by atoms with Crippen LogP contribution in [0.2, 0.25) is 0 Å². The molecule has 2 unspecified atom stereocenters. The fourth-order valence-electron chi connectivity index (χ4n) is 1.76. The van der Waals surface area contributed by atoms with E-state index < -0.39 is 0 Å². The predicted molar refractivity (Wildman–Crippen MR) is 64.3 cm³/mol. The van der Waals surface area contributed by atoms with Crippen molar-refractivity contribution in [2.24, 2.45) is 5.92 Å². The molecule has 0 radical (unpaired) electrons. The van der Waals surface area contributed by atoms with E-state index in [4.69, 9.17) is 4.74 Å². The van der Waals surface area contributed by atoms with Crippen LogP contribution < -0.4 is 10.6 Å². The minimum Gasteiger partial charge on any atom is -0.366 e. The second kappa shape index (κ2) is 5.64. The molecule has 1 saturated heterocycles. The lowest BCUT2D eigenvalue weighted by Crippen LogP contribution is -2.49. The zero-order chi connectivity index (χ0) is 12.2. The van der Waals surface area contributed by atoms with Gasteiger partial charge in [0, 0.05) is 6.04 Å². The Morgan fingerprint density at radius 2 is 2.19 bits per heavy atom. The predicted octanol–water partition coefficient (Wildman–Crippen LogP) is 0.916. The molecular weight excluding hydrogens is 204 g/mol. The summed E-state index contributed by atoms with van der Waals surface area (Å²) in [4.78, 5) is 11.6. The molecule has 94 valence electrons. The molecule has 1 amide bonds. The zero-order valence-electron chi connectivity index (χ0n) is 10.8. The minimum absolute atomic E-state index is 0.00586. The standard InChI is InChI=1S/C12H24N2O2/c1-9-7-13-6-5-10(9)14-11(15)8-16-12(2,3)4/h9-10,13H,5-8H2,1-4H3,(H,14,15). The summed E-state index contributed by atoms with van der Waals surface area (Å²) < 4.78 is 5.44. The normalized spacial score (nSPS) is 26.5. The Morgan fingerprint density at radius 1 is 1.50 bits per heavy atom. The quantitative estimate of drug-likeness (QED) is 0.755. The van der Waals surface area contributed by atoms with Crippen molar-refractivity contribution in [3.05, 3.63) is 0 Å². The van der Waals surface area contributed by atoms with E-state index in [1.54, 1.807) is 0 Å². The fourth-order valence-corrected chi connectivity index (χ4v) is 1.76. The maximum Gasteiger partial charge on any atom is 0.246 e. The summed E-state index contributed by atoms with van der Waals surface area (Å²) in [5, 5.41) is 6.35. The molecule has 4 nitrogen and oxygen atoms in total. The molecule has 2 N–H and O–H groups in total. The van der Waals surface area contributed by atoms with Gasteiger partial charge in [-0.3, -0.25) is 4.79 Å². The lowest BCUT2D eigenvalue weighted by atomic mass is 9.95. The molecule has 1 heterocycles. The first kappa shape index (κ1) is 13.5. The van der Waals surface area contributed by atoms with Gasteiger partial charge in [-0.15, -0.1) is 0 Å². The summed E-state index contributed by atoms with van der Waals surface area (Å²) in [6.07, 6.45) is 1.00. The highest BCUT2D eigenvalue weighted by Crippen LogP contribution is 2.10. The summed E-state index contributed by atoms with van der Waals surface area (Å²) in [5.74, 6) is 0.487. The van der Waals surface area contributed by atoms with E-state index in [1.807, 2.05) is 20.8 Å². The number of rotatable bonds is 3. The number of carbonyl (C=O) groups is 1. The van der Waals surface area contributed by atoms with Crippen molar-refractivity contribution in [3.8, 4) is 0 Å². The third kappa shape index (κ3) is 4.94. The molecule has 2 atom stereocenters. The first-order chi connectivity index (χ1) is 7.38. The van der Waals surface area contributed by atoms with E-state index >= 15 is 0 Å². The van der Waals surface area contributed by atoms with Gasteiger partial charge in [0.1, 0.15) is 6.61 Å². The smallest absolute Gasteiger partial charge is 0.246 e. The van der Waals surface area contributed by atoms with Crippen LogP contribution in [0.1, 0.15) is 34.1 Å². The highest BCUT2D eigenvalue weighted by molar-refractivity contribution is 5.77. The van der Waals surface area contributed by atoms with Gasteiger partial charge in [0.2, 0.25) is 5.91 Å². The molecule has 0 aliphatic carbocycles. The van der Waals surface area contributed by atoms with Gasteiger partial charge in [-0.05, 0) is 46.2 Å². The van der Waals surface area contributed by atoms with Crippen LogP contribution in [0.25, 0.3) is 0 Å². The van der Waals surface area contributed by atoms with Crippen LogP contribution in [0.5, 0.6) is 0 Å². The van der Waals surface area contributed by atoms with Gasteiger partial charge in [0.25, 0.3) is 0 Å². The Morgan fingerprint density at radius 3 is 2.75 bits per heavy atom. The summed E-state index contributed by atoms with van der Waals surface area (Å²) in [6.45, 7) is 10.1. The maximum absolute atomic E-state index is 11.6. The molecule has 0 spiro atoms. The Kier molecular flexibility index (Phi) is 4.74. The number of hydrogen-bond acceptors (Lipinski definition) is 3. The topological polar surface area (TPSA) is 50.4 Å². The van der Waals surface area contributed by atoms with Crippen LogP contribution in [0.15, 0.2) is 0 Å². The average molecular weight is 228 g/mol. The van der Waals surface area contributed by atoms with Gasteiger partial charge in [-0.1, -0.05) is 6.92 Å². The number of hydrogen-bond donors (Lipinski definition) is 2. The minimum atomic E-state index is -0.253. The number of nitrogens with one attached hydrogen (secondary N) is 2. The zero-order valence-corrected chi connectivity index (χ0v) is 10.8. The molecule has 16 heavy (non-hydrogen) atoms. The van der Waals surface area contributed by atoms with E-state index in [1.165, 1.54) is 0 Å². The van der Waals surface area contributed by atoms with E-state index in [0.29, 0.717) is 5.92 Å². The van der Waals surface area contributed by atoms with Crippen molar-refractivity contribution in [1.82, 2.24) is 10.6 Å². The van der Waals surface area contributed by atoms with Gasteiger partial charge in [-0.2, -0.15) is 0 Å². The SMILES string of the molecule is CC1CNCCC1NC(=O)COC(C)(C)C. The van der Waals surface area contributed by atoms with Gasteiger partial charge < -0.3 is 15.4 Å². The Balaban J connectivity index is 2.28. The lowest BCUT2D eigenvalue weighted by molar-refractivity contribution is -0.131. The summed E-state index contributed by atoms with van der Waals surface area (Å²) >= 11 is 0. The van der Waals surface area contributed by atoms with Crippen molar-refractivity contribution in [2.45, 2.75) is 45.8 Å². The van der Waals surface area contributed by atoms with Gasteiger partial charge in [-0.25, -0.2) is 0 Å². The Hall–Kier alpha value is -0.610. The molecule has 0 aromatic carbocycles. The molecule has 1 fully saturated rings. The number of ether oxygens (including phenoxy) is 1. The van der Waals surface area contributed by atoms with Crippen LogP contribution in [0.3, 0.4) is 0 Å². The molecule has 1 aliphatic heterocycles. The molecule has 1 rings (SSSR count). The summed E-state index contributed by atoms with van der Waals surface area (Å²) in [6, 6.07) is 0.289. The van der Waals surface area contributed by atoms with E-state index in [2.05, 4.69) is 17.6 Å². The second-order valence-corrected chi connectivity index (χ2v) is 5.55. The fraction of sp³-hybridized carbons (Fsp3) is 0.917. The molecule has 0 aromatic rings. The van der Waals surface area contributed by atoms with Crippen molar-refractivity contribution in [3.63, 3.8) is 0 Å². The molecule has 1 aliphatic rings. The molecule has 0 aromatic heterocycles. The highest BCUT2D eigenvalue weighted by Gasteiger charge is 2.23. The van der Waals surface area contributed by atoms with Crippen LogP contribution in [-0.4, -0.2) is 37.2 Å². The molecule has 0 bridgehead atoms. The molecular formula is C12H24N2O2. The van der Waals surface area contributed by atoms with E-state index in [-0.39, 0.29) is 24.2 Å². The van der Waals surface area contributed by atoms with Crippen molar-refractivity contribution < 1.29 is 9.53 Å². The highest BCUT2D eigenvalue weighted by atomic mass is 16.5. The van der Waals surface area contributed by atoms with E-state index in [9.17, 15) is 4.79 Å². The third-order valence-corrected chi connectivity index (χ3v) is 2.77. The number of amides is 1. The van der Waals surface area contributed by atoms with Crippen molar-refractivity contribution in [1.29, 1.82) is 0 Å². The van der Waals surface area contributed by atoms with Crippen LogP contribution in [0.4, 0.5) is 0 Å². The third-order valence-electron chi connectivity index (χ3n) is 2.77. The molecule has 4 heteroatoms. The monoisotopic (exact) mass is 228 g/mol. The van der Waals surface area contributed by atoms with Gasteiger partial charge in [0.15, 0.2) is 0 Å². The van der Waals surface area contributed by atoms with Crippen molar-refractivity contribution >= 4 is 5.91 Å². The van der Waals surface area contributed by atoms with Crippen molar-refractivity contribution in [2.75, 3.05) is 19.7 Å². The van der Waals surface area contributed by atoms with Crippen LogP contribution in [0, 0.1) is 5.92 Å².